The van der Waals surface area contributed by atoms with Gasteiger partial charge in [-0.05, 0) is 24.1 Å². The standard InChI is InChI=1S/C12H13FN2O4S/c13-20(18,19)9-3-1-8(2-4-9)7-14-12(17)10-5-6-11(16)15-10/h1-4,10H,5-7H2,(H,14,17)(H,15,16)/t10-/m0/s1. The van der Waals surface area contributed by atoms with Gasteiger partial charge in [-0.3, -0.25) is 9.59 Å². The summed E-state index contributed by atoms with van der Waals surface area (Å²) in [7, 11) is -4.70. The van der Waals surface area contributed by atoms with E-state index in [0.29, 0.717) is 18.4 Å². The first-order valence-electron chi connectivity index (χ1n) is 5.97. The van der Waals surface area contributed by atoms with Crippen LogP contribution in [0.15, 0.2) is 29.2 Å². The topological polar surface area (TPSA) is 92.3 Å². The lowest BCUT2D eigenvalue weighted by atomic mass is 10.2. The summed E-state index contributed by atoms with van der Waals surface area (Å²) in [4.78, 5) is 22.3. The second-order valence-electron chi connectivity index (χ2n) is 4.46. The van der Waals surface area contributed by atoms with E-state index in [1.54, 1.807) is 0 Å². The maximum Gasteiger partial charge on any atom is 0.332 e. The van der Waals surface area contributed by atoms with Crippen molar-refractivity contribution in [1.29, 1.82) is 0 Å². The van der Waals surface area contributed by atoms with Crippen molar-refractivity contribution in [1.82, 2.24) is 10.6 Å². The third kappa shape index (κ3) is 3.53. The molecule has 8 heteroatoms. The zero-order chi connectivity index (χ0) is 14.8. The minimum absolute atomic E-state index is 0.150. The summed E-state index contributed by atoms with van der Waals surface area (Å²) in [5, 5.41) is 5.16. The first-order valence-corrected chi connectivity index (χ1v) is 7.35. The highest BCUT2D eigenvalue weighted by molar-refractivity contribution is 7.86. The van der Waals surface area contributed by atoms with Gasteiger partial charge in [-0.25, -0.2) is 0 Å². The fraction of sp³-hybridized carbons (Fsp3) is 0.333. The van der Waals surface area contributed by atoms with Gasteiger partial charge in [0, 0.05) is 13.0 Å². The van der Waals surface area contributed by atoms with E-state index >= 15 is 0 Å². The van der Waals surface area contributed by atoms with Gasteiger partial charge in [-0.15, -0.1) is 3.89 Å². The van der Waals surface area contributed by atoms with E-state index in [9.17, 15) is 21.9 Å². The molecule has 2 amide bonds. The zero-order valence-corrected chi connectivity index (χ0v) is 11.2. The molecular formula is C12H13FN2O4S. The molecule has 0 radical (unpaired) electrons. The Bertz CT molecular complexity index is 627. The molecule has 1 saturated heterocycles. The summed E-state index contributed by atoms with van der Waals surface area (Å²) in [5.74, 6) is -0.444. The molecule has 1 aromatic carbocycles. The molecule has 1 aromatic rings. The van der Waals surface area contributed by atoms with Crippen molar-refractivity contribution >= 4 is 22.0 Å². The average Bonchev–Trinajstić information content (AvgIpc) is 2.82. The van der Waals surface area contributed by atoms with Gasteiger partial charge in [-0.2, -0.15) is 8.42 Å². The summed E-state index contributed by atoms with van der Waals surface area (Å²) in [5.41, 5.74) is 0.634. The van der Waals surface area contributed by atoms with Crippen molar-refractivity contribution in [3.8, 4) is 0 Å². The molecule has 1 aliphatic heterocycles. The van der Waals surface area contributed by atoms with E-state index in [4.69, 9.17) is 0 Å². The quantitative estimate of drug-likeness (QED) is 0.779. The maximum absolute atomic E-state index is 12.7. The van der Waals surface area contributed by atoms with Crippen molar-refractivity contribution in [3.05, 3.63) is 29.8 Å². The van der Waals surface area contributed by atoms with Gasteiger partial charge in [0.15, 0.2) is 0 Å². The smallest absolute Gasteiger partial charge is 0.332 e. The van der Waals surface area contributed by atoms with Gasteiger partial charge in [0.25, 0.3) is 0 Å². The highest BCUT2D eigenvalue weighted by Crippen LogP contribution is 2.13. The Kier molecular flexibility index (Phi) is 4.03. The largest absolute Gasteiger partial charge is 0.350 e. The lowest BCUT2D eigenvalue weighted by molar-refractivity contribution is -0.125. The second kappa shape index (κ2) is 5.58. The molecule has 0 spiro atoms. The van der Waals surface area contributed by atoms with Crippen LogP contribution in [0.1, 0.15) is 18.4 Å². The first-order chi connectivity index (χ1) is 9.36. The van der Waals surface area contributed by atoms with Crippen LogP contribution in [0.2, 0.25) is 0 Å². The number of amides is 2. The predicted octanol–water partition coefficient (Wildman–Crippen LogP) is 0.240. The van der Waals surface area contributed by atoms with Gasteiger partial charge in [0.2, 0.25) is 11.8 Å². The number of benzene rings is 1. The zero-order valence-electron chi connectivity index (χ0n) is 10.4. The van der Waals surface area contributed by atoms with Crippen molar-refractivity contribution in [2.75, 3.05) is 0 Å². The number of halogens is 1. The molecule has 0 aliphatic carbocycles. The van der Waals surface area contributed by atoms with E-state index in [2.05, 4.69) is 10.6 Å². The molecule has 108 valence electrons. The summed E-state index contributed by atoms with van der Waals surface area (Å²) in [6.45, 7) is 0.178. The Morgan fingerprint density at radius 1 is 1.35 bits per heavy atom. The molecule has 1 aliphatic rings. The number of nitrogens with one attached hydrogen (secondary N) is 2. The third-order valence-corrected chi connectivity index (χ3v) is 3.82. The monoisotopic (exact) mass is 300 g/mol. The fourth-order valence-electron chi connectivity index (χ4n) is 1.89. The van der Waals surface area contributed by atoms with Gasteiger partial charge in [0.05, 0.1) is 4.90 Å². The number of hydrogen-bond acceptors (Lipinski definition) is 4. The maximum atomic E-state index is 12.7. The summed E-state index contributed by atoms with van der Waals surface area (Å²) in [6.07, 6.45) is 0.796. The SMILES string of the molecule is O=C1CC[C@@H](C(=O)NCc2ccc(S(=O)(=O)F)cc2)N1. The van der Waals surface area contributed by atoms with Gasteiger partial charge in [-0.1, -0.05) is 12.1 Å². The molecule has 2 rings (SSSR count). The Morgan fingerprint density at radius 3 is 2.50 bits per heavy atom. The Balaban J connectivity index is 1.91. The molecule has 0 bridgehead atoms. The van der Waals surface area contributed by atoms with Crippen molar-refractivity contribution in [2.24, 2.45) is 0 Å². The molecule has 0 aromatic heterocycles. The van der Waals surface area contributed by atoms with Crippen LogP contribution in [-0.2, 0) is 26.4 Å². The van der Waals surface area contributed by atoms with Crippen molar-refractivity contribution in [2.45, 2.75) is 30.3 Å². The van der Waals surface area contributed by atoms with Gasteiger partial charge in [0.1, 0.15) is 6.04 Å². The van der Waals surface area contributed by atoms with Crippen LogP contribution in [0.3, 0.4) is 0 Å². The summed E-state index contributed by atoms with van der Waals surface area (Å²) >= 11 is 0. The van der Waals surface area contributed by atoms with E-state index in [1.807, 2.05) is 0 Å². The third-order valence-electron chi connectivity index (χ3n) is 2.98. The molecule has 0 unspecified atom stereocenters. The molecule has 6 nitrogen and oxygen atoms in total. The Hall–Kier alpha value is -1.96. The van der Waals surface area contributed by atoms with Crippen LogP contribution in [0.5, 0.6) is 0 Å². The van der Waals surface area contributed by atoms with Crippen LogP contribution < -0.4 is 10.6 Å². The molecular weight excluding hydrogens is 287 g/mol. The second-order valence-corrected chi connectivity index (χ2v) is 5.81. The number of carbonyl (C=O) groups excluding carboxylic acids is 2. The van der Waals surface area contributed by atoms with Crippen LogP contribution in [-0.4, -0.2) is 26.3 Å². The normalized spacial score (nSPS) is 18.6. The van der Waals surface area contributed by atoms with E-state index in [1.165, 1.54) is 12.1 Å². The lowest BCUT2D eigenvalue weighted by Gasteiger charge is -2.10. The van der Waals surface area contributed by atoms with Crippen molar-refractivity contribution < 1.29 is 21.9 Å². The van der Waals surface area contributed by atoms with Gasteiger partial charge >= 0.3 is 10.2 Å². The Morgan fingerprint density at radius 2 is 2.00 bits per heavy atom. The van der Waals surface area contributed by atoms with E-state index < -0.39 is 21.2 Å². The number of carbonyl (C=O) groups is 2. The summed E-state index contributed by atoms with van der Waals surface area (Å²) < 4.78 is 33.9. The van der Waals surface area contributed by atoms with Crippen LogP contribution in [0.25, 0.3) is 0 Å². The number of rotatable bonds is 4. The molecule has 2 N–H and O–H groups in total. The lowest BCUT2D eigenvalue weighted by Crippen LogP contribution is -2.41. The van der Waals surface area contributed by atoms with Gasteiger partial charge < -0.3 is 10.6 Å². The van der Waals surface area contributed by atoms with E-state index in [0.717, 1.165) is 12.1 Å². The number of hydrogen-bond donors (Lipinski definition) is 2. The minimum Gasteiger partial charge on any atom is -0.350 e. The minimum atomic E-state index is -4.70. The molecule has 20 heavy (non-hydrogen) atoms. The van der Waals surface area contributed by atoms with Crippen molar-refractivity contribution in [3.63, 3.8) is 0 Å². The Labute approximate surface area is 115 Å². The highest BCUT2D eigenvalue weighted by Gasteiger charge is 2.26. The molecule has 1 fully saturated rings. The van der Waals surface area contributed by atoms with Crippen LogP contribution in [0.4, 0.5) is 3.89 Å². The molecule has 0 saturated carbocycles. The predicted molar refractivity (Wildman–Crippen MR) is 67.7 cm³/mol. The first kappa shape index (κ1) is 14.4. The van der Waals surface area contributed by atoms with E-state index in [-0.39, 0.29) is 18.4 Å². The summed E-state index contributed by atoms with van der Waals surface area (Å²) in [6, 6.07) is 4.58. The van der Waals surface area contributed by atoms with Crippen LogP contribution >= 0.6 is 0 Å². The highest BCUT2D eigenvalue weighted by atomic mass is 32.3. The van der Waals surface area contributed by atoms with Crippen LogP contribution in [0, 0.1) is 0 Å². The molecule has 1 atom stereocenters. The molecule has 1 heterocycles. The average molecular weight is 300 g/mol. The fourth-order valence-corrected chi connectivity index (χ4v) is 2.35.